The molecule has 6 nitrogen and oxygen atoms in total. The minimum Gasteiger partial charge on any atom is -0.497 e. The second-order valence-electron chi connectivity index (χ2n) is 5.96. The van der Waals surface area contributed by atoms with E-state index in [2.05, 4.69) is 10.3 Å². The Balaban J connectivity index is 1.79. The molecule has 0 saturated carbocycles. The standard InChI is InChI=1S/C20H18N4O2S/c1-24(2)15-6-4-13(5-7-15)10-14(12-21)19(25)23-20-22-17-11-16(26-3)8-9-18(17)27-20/h4-11H,1-3H3,(H,22,23,25). The minimum atomic E-state index is -0.486. The first-order valence-corrected chi connectivity index (χ1v) is 8.97. The van der Waals surface area contributed by atoms with Gasteiger partial charge in [0.2, 0.25) is 0 Å². The third-order valence-electron chi connectivity index (χ3n) is 3.90. The Hall–Kier alpha value is -3.37. The van der Waals surface area contributed by atoms with Crippen molar-refractivity contribution >= 4 is 44.4 Å². The van der Waals surface area contributed by atoms with Crippen LogP contribution in [0.3, 0.4) is 0 Å². The molecule has 27 heavy (non-hydrogen) atoms. The van der Waals surface area contributed by atoms with Crippen LogP contribution in [-0.2, 0) is 4.79 Å². The van der Waals surface area contributed by atoms with Crippen LogP contribution in [0.4, 0.5) is 10.8 Å². The van der Waals surface area contributed by atoms with Crippen LogP contribution in [-0.4, -0.2) is 32.1 Å². The predicted octanol–water partition coefficient (Wildman–Crippen LogP) is 3.92. The van der Waals surface area contributed by atoms with E-state index in [1.807, 2.05) is 61.5 Å². The van der Waals surface area contributed by atoms with Crippen LogP contribution in [0.5, 0.6) is 5.75 Å². The first kappa shape index (κ1) is 18.4. The number of nitriles is 1. The molecule has 3 rings (SSSR count). The summed E-state index contributed by atoms with van der Waals surface area (Å²) in [4.78, 5) is 18.8. The summed E-state index contributed by atoms with van der Waals surface area (Å²) in [6.07, 6.45) is 1.56. The molecule has 1 amide bonds. The van der Waals surface area contributed by atoms with Crippen LogP contribution in [0.25, 0.3) is 16.3 Å². The lowest BCUT2D eigenvalue weighted by molar-refractivity contribution is -0.112. The number of fused-ring (bicyclic) bond motifs is 1. The number of anilines is 2. The van der Waals surface area contributed by atoms with Crippen LogP contribution in [0.1, 0.15) is 5.56 Å². The lowest BCUT2D eigenvalue weighted by Gasteiger charge is -2.11. The van der Waals surface area contributed by atoms with E-state index in [4.69, 9.17) is 4.74 Å². The van der Waals surface area contributed by atoms with E-state index in [0.29, 0.717) is 10.9 Å². The number of carbonyl (C=O) groups excluding carboxylic acids is 1. The second kappa shape index (κ2) is 7.89. The van der Waals surface area contributed by atoms with Crippen molar-refractivity contribution in [3.63, 3.8) is 0 Å². The Bertz CT molecular complexity index is 1050. The fraction of sp³-hybridized carbons (Fsp3) is 0.150. The second-order valence-corrected chi connectivity index (χ2v) is 6.99. The fourth-order valence-electron chi connectivity index (χ4n) is 2.44. The molecule has 2 aromatic carbocycles. The topological polar surface area (TPSA) is 78.2 Å². The van der Waals surface area contributed by atoms with Gasteiger partial charge in [0, 0.05) is 25.8 Å². The van der Waals surface area contributed by atoms with Crippen molar-refractivity contribution in [3.05, 3.63) is 53.6 Å². The third-order valence-corrected chi connectivity index (χ3v) is 4.85. The van der Waals surface area contributed by atoms with Crippen LogP contribution in [0.2, 0.25) is 0 Å². The molecule has 136 valence electrons. The summed E-state index contributed by atoms with van der Waals surface area (Å²) in [6.45, 7) is 0. The summed E-state index contributed by atoms with van der Waals surface area (Å²) in [5.74, 6) is 0.213. The number of benzene rings is 2. The zero-order valence-electron chi connectivity index (χ0n) is 15.2. The summed E-state index contributed by atoms with van der Waals surface area (Å²) in [7, 11) is 5.49. The van der Waals surface area contributed by atoms with Crippen LogP contribution in [0, 0.1) is 11.3 Å². The highest BCUT2D eigenvalue weighted by molar-refractivity contribution is 7.22. The Morgan fingerprint density at radius 3 is 2.63 bits per heavy atom. The molecule has 0 aliphatic carbocycles. The molecule has 0 atom stereocenters. The number of carbonyl (C=O) groups is 1. The maximum Gasteiger partial charge on any atom is 0.268 e. The summed E-state index contributed by atoms with van der Waals surface area (Å²) >= 11 is 1.34. The Morgan fingerprint density at radius 2 is 2.00 bits per heavy atom. The first-order chi connectivity index (χ1) is 13.0. The summed E-state index contributed by atoms with van der Waals surface area (Å²) in [6, 6.07) is 15.1. The number of nitrogens with zero attached hydrogens (tertiary/aromatic N) is 3. The maximum absolute atomic E-state index is 12.5. The van der Waals surface area contributed by atoms with Gasteiger partial charge in [0.1, 0.15) is 17.4 Å². The summed E-state index contributed by atoms with van der Waals surface area (Å²) in [5.41, 5.74) is 2.57. The third kappa shape index (κ3) is 4.25. The number of aromatic nitrogens is 1. The molecule has 0 unspecified atom stereocenters. The van der Waals surface area contributed by atoms with Crippen LogP contribution in [0.15, 0.2) is 48.0 Å². The van der Waals surface area contributed by atoms with Crippen molar-refractivity contribution in [2.24, 2.45) is 0 Å². The van der Waals surface area contributed by atoms with E-state index in [1.165, 1.54) is 11.3 Å². The lowest BCUT2D eigenvalue weighted by Crippen LogP contribution is -2.13. The van der Waals surface area contributed by atoms with E-state index in [1.54, 1.807) is 19.3 Å². The molecule has 0 aliphatic rings. The van der Waals surface area contributed by atoms with Gasteiger partial charge in [0.15, 0.2) is 5.13 Å². The smallest absolute Gasteiger partial charge is 0.268 e. The highest BCUT2D eigenvalue weighted by Crippen LogP contribution is 2.29. The zero-order valence-corrected chi connectivity index (χ0v) is 16.0. The highest BCUT2D eigenvalue weighted by Gasteiger charge is 2.13. The van der Waals surface area contributed by atoms with Gasteiger partial charge in [-0.15, -0.1) is 0 Å². The van der Waals surface area contributed by atoms with E-state index < -0.39 is 5.91 Å². The SMILES string of the molecule is COc1ccc2sc(NC(=O)C(C#N)=Cc3ccc(N(C)C)cc3)nc2c1. The number of rotatable bonds is 5. The molecule has 0 aliphatic heterocycles. The van der Waals surface area contributed by atoms with Crippen molar-refractivity contribution in [3.8, 4) is 11.8 Å². The summed E-state index contributed by atoms with van der Waals surface area (Å²) < 4.78 is 6.10. The number of thiazole rings is 1. The van der Waals surface area contributed by atoms with Crippen molar-refractivity contribution < 1.29 is 9.53 Å². The molecule has 0 spiro atoms. The molecule has 3 aromatic rings. The fourth-order valence-corrected chi connectivity index (χ4v) is 3.28. The monoisotopic (exact) mass is 378 g/mol. The van der Waals surface area contributed by atoms with Gasteiger partial charge >= 0.3 is 0 Å². The molecule has 1 aromatic heterocycles. The predicted molar refractivity (Wildman–Crippen MR) is 109 cm³/mol. The lowest BCUT2D eigenvalue weighted by atomic mass is 10.1. The zero-order chi connectivity index (χ0) is 19.4. The number of amides is 1. The number of methoxy groups -OCH3 is 1. The van der Waals surface area contributed by atoms with Gasteiger partial charge in [-0.25, -0.2) is 4.98 Å². The van der Waals surface area contributed by atoms with Gasteiger partial charge < -0.3 is 9.64 Å². The largest absolute Gasteiger partial charge is 0.497 e. The van der Waals surface area contributed by atoms with Crippen molar-refractivity contribution in [1.82, 2.24) is 4.98 Å². The van der Waals surface area contributed by atoms with E-state index in [0.717, 1.165) is 21.5 Å². The molecule has 0 saturated heterocycles. The van der Waals surface area contributed by atoms with Gasteiger partial charge in [0.25, 0.3) is 5.91 Å². The van der Waals surface area contributed by atoms with Crippen molar-refractivity contribution in [1.29, 1.82) is 5.26 Å². The maximum atomic E-state index is 12.5. The molecule has 1 heterocycles. The quantitative estimate of drug-likeness (QED) is 0.538. The minimum absolute atomic E-state index is 0.0180. The normalized spacial score (nSPS) is 11.1. The number of ether oxygens (including phenoxy) is 1. The first-order valence-electron chi connectivity index (χ1n) is 8.15. The number of hydrogen-bond donors (Lipinski definition) is 1. The van der Waals surface area contributed by atoms with Crippen LogP contribution >= 0.6 is 11.3 Å². The van der Waals surface area contributed by atoms with Crippen LogP contribution < -0.4 is 15.0 Å². The molecule has 0 bridgehead atoms. The van der Waals surface area contributed by atoms with E-state index >= 15 is 0 Å². The molecule has 0 fully saturated rings. The molecular weight excluding hydrogens is 360 g/mol. The molecule has 7 heteroatoms. The van der Waals surface area contributed by atoms with Crippen molar-refractivity contribution in [2.75, 3.05) is 31.4 Å². The summed E-state index contributed by atoms with van der Waals surface area (Å²) in [5, 5.41) is 12.5. The van der Waals surface area contributed by atoms with E-state index in [9.17, 15) is 10.1 Å². The number of nitrogens with one attached hydrogen (secondary N) is 1. The van der Waals surface area contributed by atoms with Gasteiger partial charge in [0.05, 0.1) is 17.3 Å². The Kier molecular flexibility index (Phi) is 5.38. The van der Waals surface area contributed by atoms with Crippen molar-refractivity contribution in [2.45, 2.75) is 0 Å². The number of hydrogen-bond acceptors (Lipinski definition) is 6. The van der Waals surface area contributed by atoms with Gasteiger partial charge in [-0.1, -0.05) is 23.5 Å². The Labute approximate surface area is 161 Å². The molecule has 1 N–H and O–H groups in total. The average Bonchev–Trinajstić information content (AvgIpc) is 3.07. The highest BCUT2D eigenvalue weighted by atomic mass is 32.1. The Morgan fingerprint density at radius 1 is 1.26 bits per heavy atom. The van der Waals surface area contributed by atoms with Gasteiger partial charge in [-0.2, -0.15) is 5.26 Å². The molecular formula is C20H18N4O2S. The van der Waals surface area contributed by atoms with Gasteiger partial charge in [-0.05, 0) is 35.9 Å². The van der Waals surface area contributed by atoms with E-state index in [-0.39, 0.29) is 5.57 Å². The van der Waals surface area contributed by atoms with Gasteiger partial charge in [-0.3, -0.25) is 10.1 Å². The molecule has 0 radical (unpaired) electrons. The average molecular weight is 378 g/mol.